The van der Waals surface area contributed by atoms with Gasteiger partial charge in [0.15, 0.2) is 0 Å². The number of nitrogens with one attached hydrogen (secondary N) is 2. The summed E-state index contributed by atoms with van der Waals surface area (Å²) in [6.07, 6.45) is 0.819. The van der Waals surface area contributed by atoms with E-state index in [1.807, 2.05) is 61.2 Å². The molecule has 2 heterocycles. The first-order valence-electron chi connectivity index (χ1n) is 16.1. The minimum absolute atomic E-state index is 0.0265. The fourth-order valence-electron chi connectivity index (χ4n) is 6.28. The van der Waals surface area contributed by atoms with Gasteiger partial charge in [-0.25, -0.2) is 0 Å². The Labute approximate surface area is 278 Å². The molecule has 0 radical (unpaired) electrons. The van der Waals surface area contributed by atoms with Crippen molar-refractivity contribution in [2.75, 3.05) is 6.54 Å². The molecule has 0 aliphatic carbocycles. The van der Waals surface area contributed by atoms with Crippen molar-refractivity contribution in [1.82, 2.24) is 20.4 Å². The maximum atomic E-state index is 13.2. The van der Waals surface area contributed by atoms with Gasteiger partial charge in [0.05, 0.1) is 11.1 Å². The standard InChI is InChI=1S/C38H36N4O6/c1-23(2)36(46)41(19-18-27-8-5-7-26-6-3-4-9-29(26)27)22-25-12-10-24(11-13-25)21-39-34(44)28-14-15-30-31(20-28)38(48)42(37(30)47)32-16-17-33(43)40-35(32)45/h3-15,20,23,32H,16-19,21-22H2,1-2H3,(H,39,44)(H,40,43,45). The summed E-state index contributed by atoms with van der Waals surface area (Å²) < 4.78 is 0. The van der Waals surface area contributed by atoms with Crippen LogP contribution in [0.1, 0.15) is 74.5 Å². The molecule has 1 saturated heterocycles. The van der Waals surface area contributed by atoms with Crippen molar-refractivity contribution in [3.8, 4) is 0 Å². The largest absolute Gasteiger partial charge is 0.348 e. The number of piperidine rings is 1. The molecule has 4 aromatic rings. The molecule has 1 unspecified atom stereocenters. The van der Waals surface area contributed by atoms with Crippen LogP contribution in [0.2, 0.25) is 0 Å². The molecule has 2 aliphatic heterocycles. The molecule has 0 spiro atoms. The molecule has 2 N–H and O–H groups in total. The molecule has 0 saturated carbocycles. The highest BCUT2D eigenvalue weighted by molar-refractivity contribution is 6.24. The normalized spacial score (nSPS) is 15.9. The van der Waals surface area contributed by atoms with Crippen LogP contribution >= 0.6 is 0 Å². The van der Waals surface area contributed by atoms with E-state index in [0.29, 0.717) is 13.1 Å². The molecule has 6 rings (SSSR count). The van der Waals surface area contributed by atoms with Gasteiger partial charge in [-0.05, 0) is 58.5 Å². The molecule has 1 fully saturated rings. The molecule has 10 heteroatoms. The maximum Gasteiger partial charge on any atom is 0.262 e. The Balaban J connectivity index is 1.07. The lowest BCUT2D eigenvalue weighted by molar-refractivity contribution is -0.136. The number of rotatable bonds is 10. The average molecular weight is 645 g/mol. The smallest absolute Gasteiger partial charge is 0.262 e. The van der Waals surface area contributed by atoms with E-state index in [9.17, 15) is 28.8 Å². The van der Waals surface area contributed by atoms with Gasteiger partial charge >= 0.3 is 0 Å². The molecule has 1 atom stereocenters. The second kappa shape index (κ2) is 13.6. The zero-order chi connectivity index (χ0) is 33.9. The molecular formula is C38H36N4O6. The highest BCUT2D eigenvalue weighted by Crippen LogP contribution is 2.28. The summed E-state index contributed by atoms with van der Waals surface area (Å²) in [4.78, 5) is 78.9. The van der Waals surface area contributed by atoms with Crippen LogP contribution in [0.25, 0.3) is 10.8 Å². The van der Waals surface area contributed by atoms with E-state index >= 15 is 0 Å². The summed E-state index contributed by atoms with van der Waals surface area (Å²) in [5.41, 5.74) is 3.37. The molecule has 244 valence electrons. The minimum Gasteiger partial charge on any atom is -0.348 e. The summed E-state index contributed by atoms with van der Waals surface area (Å²) in [5, 5.41) is 7.39. The summed E-state index contributed by atoms with van der Waals surface area (Å²) in [7, 11) is 0. The number of benzene rings is 4. The second-order valence-corrected chi connectivity index (χ2v) is 12.5. The van der Waals surface area contributed by atoms with E-state index < -0.39 is 35.6 Å². The lowest BCUT2D eigenvalue weighted by Crippen LogP contribution is -2.54. The highest BCUT2D eigenvalue weighted by Gasteiger charge is 2.44. The molecular weight excluding hydrogens is 608 g/mol. The summed E-state index contributed by atoms with van der Waals surface area (Å²) in [5.74, 6) is -2.91. The van der Waals surface area contributed by atoms with Crippen LogP contribution in [-0.2, 0) is 33.9 Å². The topological polar surface area (TPSA) is 133 Å². The first kappa shape index (κ1) is 32.3. The van der Waals surface area contributed by atoms with Gasteiger partial charge in [0.2, 0.25) is 17.7 Å². The Morgan fingerprint density at radius 3 is 2.33 bits per heavy atom. The van der Waals surface area contributed by atoms with Crippen LogP contribution in [0.4, 0.5) is 0 Å². The third kappa shape index (κ3) is 6.60. The number of hydrogen-bond acceptors (Lipinski definition) is 6. The predicted molar refractivity (Wildman–Crippen MR) is 179 cm³/mol. The Morgan fingerprint density at radius 1 is 0.875 bits per heavy atom. The fourth-order valence-corrected chi connectivity index (χ4v) is 6.28. The number of hydrogen-bond donors (Lipinski definition) is 2. The Hall–Kier alpha value is -5.64. The van der Waals surface area contributed by atoms with Crippen LogP contribution in [0.5, 0.6) is 0 Å². The van der Waals surface area contributed by atoms with Crippen molar-refractivity contribution < 1.29 is 28.8 Å². The second-order valence-electron chi connectivity index (χ2n) is 12.5. The number of amides is 6. The SMILES string of the molecule is CC(C)C(=O)N(CCc1cccc2ccccc12)Cc1ccc(CNC(=O)c2ccc3c(c2)C(=O)N(C2CCC(=O)NC2=O)C3=O)cc1. The summed E-state index contributed by atoms with van der Waals surface area (Å²) >= 11 is 0. The third-order valence-corrected chi connectivity index (χ3v) is 8.89. The van der Waals surface area contributed by atoms with Crippen molar-refractivity contribution in [3.63, 3.8) is 0 Å². The van der Waals surface area contributed by atoms with Crippen LogP contribution < -0.4 is 10.6 Å². The molecule has 10 nitrogen and oxygen atoms in total. The first-order valence-corrected chi connectivity index (χ1v) is 16.1. The Bertz CT molecular complexity index is 1950. The number of fused-ring (bicyclic) bond motifs is 2. The van der Waals surface area contributed by atoms with E-state index in [0.717, 1.165) is 22.4 Å². The maximum absolute atomic E-state index is 13.2. The Kier molecular flexibility index (Phi) is 9.16. The van der Waals surface area contributed by atoms with E-state index in [4.69, 9.17) is 0 Å². The van der Waals surface area contributed by atoms with Gasteiger partial charge in [0.1, 0.15) is 6.04 Å². The summed E-state index contributed by atoms with van der Waals surface area (Å²) in [6.45, 7) is 5.08. The molecule has 6 amide bonds. The van der Waals surface area contributed by atoms with Crippen molar-refractivity contribution >= 4 is 46.2 Å². The predicted octanol–water partition coefficient (Wildman–Crippen LogP) is 4.40. The lowest BCUT2D eigenvalue weighted by atomic mass is 10.0. The quantitative estimate of drug-likeness (QED) is 0.246. The Morgan fingerprint density at radius 2 is 1.58 bits per heavy atom. The van der Waals surface area contributed by atoms with Crippen molar-refractivity contribution in [1.29, 1.82) is 0 Å². The van der Waals surface area contributed by atoms with Crippen LogP contribution in [0.15, 0.2) is 84.9 Å². The monoisotopic (exact) mass is 644 g/mol. The van der Waals surface area contributed by atoms with Crippen molar-refractivity contribution in [3.05, 3.63) is 118 Å². The molecule has 4 aromatic carbocycles. The molecule has 0 aromatic heterocycles. The first-order chi connectivity index (χ1) is 23.1. The van der Waals surface area contributed by atoms with Gasteiger partial charge in [0, 0.05) is 37.5 Å². The number of carbonyl (C=O) groups is 6. The van der Waals surface area contributed by atoms with E-state index in [1.54, 1.807) is 0 Å². The number of nitrogens with zero attached hydrogens (tertiary/aromatic N) is 2. The van der Waals surface area contributed by atoms with Crippen molar-refractivity contribution in [2.24, 2.45) is 5.92 Å². The molecule has 0 bridgehead atoms. The van der Waals surface area contributed by atoms with Crippen LogP contribution in [0.3, 0.4) is 0 Å². The van der Waals surface area contributed by atoms with Crippen LogP contribution in [0, 0.1) is 5.92 Å². The molecule has 2 aliphatic rings. The van der Waals surface area contributed by atoms with Gasteiger partial charge in [-0.1, -0.05) is 80.6 Å². The minimum atomic E-state index is -1.07. The van der Waals surface area contributed by atoms with E-state index in [-0.39, 0.29) is 47.9 Å². The van der Waals surface area contributed by atoms with Gasteiger partial charge in [-0.2, -0.15) is 0 Å². The van der Waals surface area contributed by atoms with E-state index in [2.05, 4.69) is 34.9 Å². The molecule has 48 heavy (non-hydrogen) atoms. The fraction of sp³-hybridized carbons (Fsp3) is 0.263. The lowest BCUT2D eigenvalue weighted by Gasteiger charge is -2.27. The van der Waals surface area contributed by atoms with Crippen LogP contribution in [-0.4, -0.2) is 57.8 Å². The number of imide groups is 2. The van der Waals surface area contributed by atoms with Gasteiger partial charge in [0.25, 0.3) is 17.7 Å². The third-order valence-electron chi connectivity index (χ3n) is 8.89. The number of carbonyl (C=O) groups excluding carboxylic acids is 6. The van der Waals surface area contributed by atoms with Gasteiger partial charge < -0.3 is 10.2 Å². The zero-order valence-electron chi connectivity index (χ0n) is 26.8. The van der Waals surface area contributed by atoms with Gasteiger partial charge in [-0.15, -0.1) is 0 Å². The van der Waals surface area contributed by atoms with Crippen molar-refractivity contribution in [2.45, 2.75) is 52.2 Å². The highest BCUT2D eigenvalue weighted by atomic mass is 16.2. The average Bonchev–Trinajstić information content (AvgIpc) is 3.33. The summed E-state index contributed by atoms with van der Waals surface area (Å²) in [6, 6.07) is 25.4. The zero-order valence-corrected chi connectivity index (χ0v) is 26.8. The van der Waals surface area contributed by atoms with Gasteiger partial charge in [-0.3, -0.25) is 39.0 Å². The van der Waals surface area contributed by atoms with E-state index in [1.165, 1.54) is 34.5 Å².